The van der Waals surface area contributed by atoms with Gasteiger partial charge in [-0.1, -0.05) is 18.2 Å². The number of thiophene rings is 1. The lowest BCUT2D eigenvalue weighted by atomic mass is 10.1. The van der Waals surface area contributed by atoms with Gasteiger partial charge in [0.1, 0.15) is 10.6 Å². The fourth-order valence-electron chi connectivity index (χ4n) is 2.54. The van der Waals surface area contributed by atoms with Gasteiger partial charge in [0.15, 0.2) is 6.61 Å². The number of fused-ring (bicyclic) bond motifs is 1. The molecule has 6 nitrogen and oxygen atoms in total. The van der Waals surface area contributed by atoms with Crippen molar-refractivity contribution in [2.45, 2.75) is 6.92 Å². The zero-order valence-electron chi connectivity index (χ0n) is 14.8. The fraction of sp³-hybridized carbons (Fsp3) is 0.150. The number of imide groups is 1. The molecular weight excluding hydrogens is 366 g/mol. The summed E-state index contributed by atoms with van der Waals surface area (Å²) >= 11 is 1.31. The molecule has 0 aliphatic rings. The molecule has 27 heavy (non-hydrogen) atoms. The number of aryl methyl sites for hydroxylation is 1. The first-order chi connectivity index (χ1) is 13.0. The molecule has 0 spiro atoms. The van der Waals surface area contributed by atoms with Gasteiger partial charge in [0.25, 0.3) is 11.8 Å². The van der Waals surface area contributed by atoms with E-state index in [-0.39, 0.29) is 0 Å². The Morgan fingerprint density at radius 1 is 1.04 bits per heavy atom. The van der Waals surface area contributed by atoms with E-state index in [0.29, 0.717) is 16.2 Å². The second-order valence-electron chi connectivity index (χ2n) is 5.73. The molecule has 1 N–H and O–H groups in total. The van der Waals surface area contributed by atoms with Gasteiger partial charge >= 0.3 is 5.97 Å². The number of hydrogen-bond acceptors (Lipinski definition) is 6. The molecule has 0 saturated heterocycles. The number of esters is 1. The van der Waals surface area contributed by atoms with Gasteiger partial charge in [-0.05, 0) is 48.2 Å². The Balaban J connectivity index is 1.58. The minimum Gasteiger partial charge on any atom is -0.497 e. The molecule has 138 valence electrons. The zero-order valence-corrected chi connectivity index (χ0v) is 15.6. The van der Waals surface area contributed by atoms with Crippen LogP contribution in [0.5, 0.6) is 5.75 Å². The van der Waals surface area contributed by atoms with Crippen LogP contribution in [0.4, 0.5) is 0 Å². The molecule has 0 aliphatic heterocycles. The lowest BCUT2D eigenvalue weighted by Crippen LogP contribution is -2.34. The van der Waals surface area contributed by atoms with Crippen molar-refractivity contribution >= 4 is 39.2 Å². The predicted molar refractivity (Wildman–Crippen MR) is 102 cm³/mol. The van der Waals surface area contributed by atoms with Crippen LogP contribution in [0, 0.1) is 6.92 Å². The molecule has 1 aromatic heterocycles. The minimum absolute atomic E-state index is 0.302. The summed E-state index contributed by atoms with van der Waals surface area (Å²) in [6.45, 7) is 1.30. The second kappa shape index (κ2) is 8.01. The Kier molecular flexibility index (Phi) is 5.52. The highest BCUT2D eigenvalue weighted by Gasteiger charge is 2.18. The van der Waals surface area contributed by atoms with Gasteiger partial charge in [0.05, 0.1) is 7.11 Å². The summed E-state index contributed by atoms with van der Waals surface area (Å²) in [5.41, 5.74) is 1.12. The molecule has 3 aromatic rings. The summed E-state index contributed by atoms with van der Waals surface area (Å²) in [7, 11) is 1.52. The molecule has 2 aromatic carbocycles. The van der Waals surface area contributed by atoms with Crippen molar-refractivity contribution in [3.05, 3.63) is 64.5 Å². The van der Waals surface area contributed by atoms with Crippen molar-refractivity contribution in [1.29, 1.82) is 0 Å². The molecule has 0 aliphatic carbocycles. The standard InChI is InChI=1S/C20H17NO5S/c1-12-15-5-3-4-6-16(15)27-18(12)20(24)26-11-17(22)21-19(23)13-7-9-14(25-2)10-8-13/h3-10H,11H2,1-2H3,(H,21,22,23). The van der Waals surface area contributed by atoms with E-state index in [2.05, 4.69) is 5.32 Å². The third kappa shape index (κ3) is 4.15. The number of ether oxygens (including phenoxy) is 2. The summed E-state index contributed by atoms with van der Waals surface area (Å²) < 4.78 is 11.0. The predicted octanol–water partition coefficient (Wildman–Crippen LogP) is 3.33. The van der Waals surface area contributed by atoms with Crippen LogP contribution < -0.4 is 10.1 Å². The van der Waals surface area contributed by atoms with E-state index in [9.17, 15) is 14.4 Å². The van der Waals surface area contributed by atoms with Crippen LogP contribution in [0.3, 0.4) is 0 Å². The SMILES string of the molecule is COc1ccc(C(=O)NC(=O)COC(=O)c2sc3ccccc3c2C)cc1. The molecule has 7 heteroatoms. The van der Waals surface area contributed by atoms with Crippen LogP contribution in [0.25, 0.3) is 10.1 Å². The molecule has 0 radical (unpaired) electrons. The van der Waals surface area contributed by atoms with Crippen molar-refractivity contribution in [1.82, 2.24) is 5.32 Å². The Morgan fingerprint density at radius 3 is 2.41 bits per heavy atom. The number of methoxy groups -OCH3 is 1. The summed E-state index contributed by atoms with van der Waals surface area (Å²) in [6, 6.07) is 13.9. The van der Waals surface area contributed by atoms with Crippen molar-refractivity contribution in [3.63, 3.8) is 0 Å². The Labute approximate surface area is 159 Å². The molecule has 1 heterocycles. The van der Waals surface area contributed by atoms with Crippen LogP contribution in [0.1, 0.15) is 25.6 Å². The smallest absolute Gasteiger partial charge is 0.349 e. The molecule has 0 fully saturated rings. The quantitative estimate of drug-likeness (QED) is 0.684. The maximum Gasteiger partial charge on any atom is 0.349 e. The fourth-order valence-corrected chi connectivity index (χ4v) is 3.65. The van der Waals surface area contributed by atoms with Crippen molar-refractivity contribution in [2.75, 3.05) is 13.7 Å². The summed E-state index contributed by atoms with van der Waals surface area (Å²) in [5, 5.41) is 3.17. The molecule has 0 bridgehead atoms. The van der Waals surface area contributed by atoms with Gasteiger partial charge in [-0.15, -0.1) is 11.3 Å². The third-order valence-corrected chi connectivity index (χ3v) is 5.22. The average molecular weight is 383 g/mol. The van der Waals surface area contributed by atoms with E-state index in [4.69, 9.17) is 9.47 Å². The highest BCUT2D eigenvalue weighted by molar-refractivity contribution is 7.21. The topological polar surface area (TPSA) is 81.7 Å². The molecule has 0 atom stereocenters. The first-order valence-electron chi connectivity index (χ1n) is 8.13. The van der Waals surface area contributed by atoms with Crippen LogP contribution in [0.2, 0.25) is 0 Å². The van der Waals surface area contributed by atoms with E-state index >= 15 is 0 Å². The Morgan fingerprint density at radius 2 is 1.74 bits per heavy atom. The minimum atomic E-state index is -0.692. The van der Waals surface area contributed by atoms with E-state index in [1.807, 2.05) is 31.2 Å². The van der Waals surface area contributed by atoms with Crippen molar-refractivity contribution < 1.29 is 23.9 Å². The highest BCUT2D eigenvalue weighted by atomic mass is 32.1. The number of nitrogens with one attached hydrogen (secondary N) is 1. The van der Waals surface area contributed by atoms with Gasteiger partial charge in [-0.25, -0.2) is 4.79 Å². The zero-order chi connectivity index (χ0) is 19.4. The van der Waals surface area contributed by atoms with Gasteiger partial charge in [-0.3, -0.25) is 14.9 Å². The summed E-state index contributed by atoms with van der Waals surface area (Å²) in [6.07, 6.45) is 0. The van der Waals surface area contributed by atoms with Gasteiger partial charge in [0.2, 0.25) is 0 Å². The van der Waals surface area contributed by atoms with Crippen LogP contribution in [0.15, 0.2) is 48.5 Å². The van der Waals surface area contributed by atoms with E-state index in [0.717, 1.165) is 15.6 Å². The summed E-state index contributed by atoms with van der Waals surface area (Å²) in [4.78, 5) is 36.7. The third-order valence-electron chi connectivity index (χ3n) is 3.97. The number of benzene rings is 2. The first-order valence-corrected chi connectivity index (χ1v) is 8.94. The number of rotatable bonds is 5. The van der Waals surface area contributed by atoms with Gasteiger partial charge in [0, 0.05) is 10.3 Å². The first kappa shape index (κ1) is 18.6. The van der Waals surface area contributed by atoms with E-state index < -0.39 is 24.4 Å². The number of hydrogen-bond donors (Lipinski definition) is 1. The van der Waals surface area contributed by atoms with Gasteiger partial charge < -0.3 is 9.47 Å². The molecule has 2 amide bonds. The van der Waals surface area contributed by atoms with Crippen molar-refractivity contribution in [2.24, 2.45) is 0 Å². The monoisotopic (exact) mass is 383 g/mol. The number of carbonyl (C=O) groups is 3. The Hall–Kier alpha value is -3.19. The lowest BCUT2D eigenvalue weighted by Gasteiger charge is -2.06. The van der Waals surface area contributed by atoms with Crippen LogP contribution in [-0.2, 0) is 9.53 Å². The molecule has 0 unspecified atom stereocenters. The van der Waals surface area contributed by atoms with Crippen LogP contribution >= 0.6 is 11.3 Å². The van der Waals surface area contributed by atoms with Crippen LogP contribution in [-0.4, -0.2) is 31.5 Å². The normalized spacial score (nSPS) is 10.4. The average Bonchev–Trinajstić information content (AvgIpc) is 3.03. The Bertz CT molecular complexity index is 1010. The molecular formula is C20H17NO5S. The highest BCUT2D eigenvalue weighted by Crippen LogP contribution is 2.30. The lowest BCUT2D eigenvalue weighted by molar-refractivity contribution is -0.123. The molecule has 3 rings (SSSR count). The van der Waals surface area contributed by atoms with E-state index in [1.165, 1.54) is 30.6 Å². The van der Waals surface area contributed by atoms with E-state index in [1.54, 1.807) is 12.1 Å². The molecule has 0 saturated carbocycles. The maximum absolute atomic E-state index is 12.3. The summed E-state index contributed by atoms with van der Waals surface area (Å²) in [5.74, 6) is -1.24. The van der Waals surface area contributed by atoms with Gasteiger partial charge in [-0.2, -0.15) is 0 Å². The largest absolute Gasteiger partial charge is 0.497 e. The number of carbonyl (C=O) groups excluding carboxylic acids is 3. The second-order valence-corrected chi connectivity index (χ2v) is 6.79. The van der Waals surface area contributed by atoms with Crippen molar-refractivity contribution in [3.8, 4) is 5.75 Å². The number of amides is 2. The maximum atomic E-state index is 12.3.